The van der Waals surface area contributed by atoms with Crippen molar-refractivity contribution in [1.82, 2.24) is 19.9 Å². The molecule has 3 aromatic heterocycles. The number of fused-ring (bicyclic) bond motifs is 1. The van der Waals surface area contributed by atoms with Crippen LogP contribution in [0.15, 0.2) is 42.7 Å². The minimum Gasteiger partial charge on any atom is -0.493 e. The van der Waals surface area contributed by atoms with Crippen LogP contribution in [0.3, 0.4) is 0 Å². The monoisotopic (exact) mass is 417 g/mol. The number of amides is 2. The number of hydrogen-bond acceptors (Lipinski definition) is 5. The molecular formula is C23H23N5O3. The third-order valence-electron chi connectivity index (χ3n) is 5.88. The first-order chi connectivity index (χ1) is 15.0. The predicted molar refractivity (Wildman–Crippen MR) is 116 cm³/mol. The van der Waals surface area contributed by atoms with Gasteiger partial charge in [0.2, 0.25) is 11.8 Å². The highest BCUT2D eigenvalue weighted by molar-refractivity contribution is 5.98. The summed E-state index contributed by atoms with van der Waals surface area (Å²) in [6.45, 7) is 3.09. The fourth-order valence-corrected chi connectivity index (χ4v) is 4.10. The first-order valence-corrected chi connectivity index (χ1v) is 10.4. The van der Waals surface area contributed by atoms with E-state index in [4.69, 9.17) is 0 Å². The number of aromatic amines is 1. The number of carbonyl (C=O) groups is 2. The van der Waals surface area contributed by atoms with Gasteiger partial charge in [-0.25, -0.2) is 9.97 Å². The average molecular weight is 417 g/mol. The van der Waals surface area contributed by atoms with Crippen LogP contribution in [0.1, 0.15) is 35.7 Å². The number of aromatic nitrogens is 3. The first-order valence-electron chi connectivity index (χ1n) is 10.4. The third kappa shape index (κ3) is 3.76. The number of anilines is 1. The Morgan fingerprint density at radius 1 is 1.26 bits per heavy atom. The minimum absolute atomic E-state index is 0.0207. The molecule has 1 unspecified atom stereocenters. The van der Waals surface area contributed by atoms with Gasteiger partial charge in [0.1, 0.15) is 11.5 Å². The second-order valence-corrected chi connectivity index (χ2v) is 8.23. The van der Waals surface area contributed by atoms with Gasteiger partial charge in [-0.15, -0.1) is 0 Å². The fraction of sp³-hybridized carbons (Fsp3) is 0.304. The second-order valence-electron chi connectivity index (χ2n) is 8.23. The standard InChI is InChI=1S/C23H23N5O3/c1-13-12-28(23(31)15-4-7-24-20(29)10-15)9-6-16(13)18-11-19(27-22(30)14-2-3-14)26-21-17(18)5-8-25-21/h4-8,10-11,13-14H,2-3,9,12H2,1H3,(H,24,29)(H2,25,26,27,30). The minimum atomic E-state index is -0.167. The fourth-order valence-electron chi connectivity index (χ4n) is 4.10. The molecule has 3 aromatic rings. The largest absolute Gasteiger partial charge is 0.493 e. The normalized spacial score (nSPS) is 18.7. The number of rotatable bonds is 4. The third-order valence-corrected chi connectivity index (χ3v) is 5.88. The predicted octanol–water partition coefficient (Wildman–Crippen LogP) is 3.19. The van der Waals surface area contributed by atoms with Crippen LogP contribution in [0, 0.1) is 11.8 Å². The molecule has 158 valence electrons. The van der Waals surface area contributed by atoms with Gasteiger partial charge in [0.15, 0.2) is 0 Å². The van der Waals surface area contributed by atoms with Gasteiger partial charge in [-0.2, -0.15) is 0 Å². The first kappa shape index (κ1) is 19.3. The molecule has 8 nitrogen and oxygen atoms in total. The number of pyridine rings is 2. The van der Waals surface area contributed by atoms with Gasteiger partial charge >= 0.3 is 0 Å². The van der Waals surface area contributed by atoms with E-state index in [1.807, 2.05) is 18.3 Å². The molecule has 0 bridgehead atoms. The molecule has 2 amide bonds. The molecule has 2 aliphatic rings. The van der Waals surface area contributed by atoms with Gasteiger partial charge in [0.25, 0.3) is 5.91 Å². The molecule has 0 spiro atoms. The Labute approximate surface area is 179 Å². The maximum Gasteiger partial charge on any atom is 0.254 e. The van der Waals surface area contributed by atoms with Crippen LogP contribution < -0.4 is 5.32 Å². The summed E-state index contributed by atoms with van der Waals surface area (Å²) in [6.07, 6.45) is 7.19. The zero-order valence-electron chi connectivity index (χ0n) is 17.1. The Morgan fingerprint density at radius 2 is 2.10 bits per heavy atom. The van der Waals surface area contributed by atoms with Crippen LogP contribution in [0.5, 0.6) is 5.88 Å². The quantitative estimate of drug-likeness (QED) is 0.604. The summed E-state index contributed by atoms with van der Waals surface area (Å²) in [5.74, 6) is 0.441. The molecule has 1 aliphatic carbocycles. The zero-order valence-corrected chi connectivity index (χ0v) is 17.1. The van der Waals surface area contributed by atoms with E-state index in [0.29, 0.717) is 24.5 Å². The number of H-pyrrole nitrogens is 1. The van der Waals surface area contributed by atoms with Crippen LogP contribution in [0.4, 0.5) is 5.82 Å². The second kappa shape index (κ2) is 7.54. The molecule has 1 saturated carbocycles. The number of hydrogen-bond donors (Lipinski definition) is 3. The van der Waals surface area contributed by atoms with Crippen molar-refractivity contribution >= 4 is 34.2 Å². The van der Waals surface area contributed by atoms with E-state index in [0.717, 1.165) is 35.0 Å². The van der Waals surface area contributed by atoms with Crippen molar-refractivity contribution < 1.29 is 14.7 Å². The summed E-state index contributed by atoms with van der Waals surface area (Å²) in [6, 6.07) is 6.90. The zero-order chi connectivity index (χ0) is 21.5. The van der Waals surface area contributed by atoms with Crippen LogP contribution in [0.2, 0.25) is 0 Å². The van der Waals surface area contributed by atoms with Gasteiger partial charge in [-0.05, 0) is 48.1 Å². The van der Waals surface area contributed by atoms with Crippen molar-refractivity contribution in [3.8, 4) is 5.88 Å². The number of carbonyl (C=O) groups excluding carboxylic acids is 2. The van der Waals surface area contributed by atoms with Crippen molar-refractivity contribution in [2.24, 2.45) is 11.8 Å². The molecule has 0 aromatic carbocycles. The lowest BCUT2D eigenvalue weighted by molar-refractivity contribution is -0.117. The lowest BCUT2D eigenvalue weighted by atomic mass is 9.89. The Kier molecular flexibility index (Phi) is 4.69. The van der Waals surface area contributed by atoms with Crippen LogP contribution >= 0.6 is 0 Å². The highest BCUT2D eigenvalue weighted by Crippen LogP contribution is 2.35. The molecule has 4 heterocycles. The lowest BCUT2D eigenvalue weighted by Gasteiger charge is -2.31. The smallest absolute Gasteiger partial charge is 0.254 e. The van der Waals surface area contributed by atoms with Crippen LogP contribution in [-0.4, -0.2) is 49.9 Å². The van der Waals surface area contributed by atoms with Crippen molar-refractivity contribution in [3.63, 3.8) is 0 Å². The van der Waals surface area contributed by atoms with Crippen molar-refractivity contribution in [1.29, 1.82) is 0 Å². The van der Waals surface area contributed by atoms with Crippen LogP contribution in [0.25, 0.3) is 16.6 Å². The van der Waals surface area contributed by atoms with Gasteiger partial charge < -0.3 is 20.3 Å². The van der Waals surface area contributed by atoms with E-state index < -0.39 is 0 Å². The highest BCUT2D eigenvalue weighted by Gasteiger charge is 2.30. The lowest BCUT2D eigenvalue weighted by Crippen LogP contribution is -2.38. The number of aromatic hydroxyl groups is 1. The summed E-state index contributed by atoms with van der Waals surface area (Å²) in [4.78, 5) is 38.3. The summed E-state index contributed by atoms with van der Waals surface area (Å²) in [7, 11) is 0. The Hall–Kier alpha value is -3.68. The maximum absolute atomic E-state index is 12.9. The van der Waals surface area contributed by atoms with Crippen molar-refractivity contribution in [3.05, 3.63) is 53.9 Å². The highest BCUT2D eigenvalue weighted by atomic mass is 16.3. The van der Waals surface area contributed by atoms with Crippen LogP contribution in [-0.2, 0) is 4.79 Å². The molecular weight excluding hydrogens is 394 g/mol. The molecule has 1 aliphatic heterocycles. The Bertz CT molecular complexity index is 1210. The molecule has 0 saturated heterocycles. The van der Waals surface area contributed by atoms with E-state index in [9.17, 15) is 14.7 Å². The van der Waals surface area contributed by atoms with Crippen molar-refractivity contribution in [2.75, 3.05) is 18.4 Å². The maximum atomic E-state index is 12.9. The average Bonchev–Trinajstić information content (AvgIpc) is 3.51. The Balaban J connectivity index is 1.44. The van der Waals surface area contributed by atoms with E-state index in [1.54, 1.807) is 11.0 Å². The molecule has 0 radical (unpaired) electrons. The summed E-state index contributed by atoms with van der Waals surface area (Å²) < 4.78 is 0. The summed E-state index contributed by atoms with van der Waals surface area (Å²) >= 11 is 0. The molecule has 3 N–H and O–H groups in total. The molecule has 1 atom stereocenters. The molecule has 31 heavy (non-hydrogen) atoms. The number of nitrogens with one attached hydrogen (secondary N) is 2. The topological polar surface area (TPSA) is 111 Å². The summed E-state index contributed by atoms with van der Waals surface area (Å²) in [5.41, 5.74) is 3.27. The van der Waals surface area contributed by atoms with Gasteiger partial charge in [-0.1, -0.05) is 13.0 Å². The van der Waals surface area contributed by atoms with E-state index in [-0.39, 0.29) is 29.5 Å². The SMILES string of the molecule is CC1CN(C(=O)c2ccnc(O)c2)CC=C1c1cc(NC(=O)C2CC2)nc2[nH]ccc12. The van der Waals surface area contributed by atoms with E-state index in [1.165, 1.54) is 12.3 Å². The molecule has 8 heteroatoms. The Morgan fingerprint density at radius 3 is 2.84 bits per heavy atom. The van der Waals surface area contributed by atoms with E-state index in [2.05, 4.69) is 33.3 Å². The summed E-state index contributed by atoms with van der Waals surface area (Å²) in [5, 5.41) is 13.5. The van der Waals surface area contributed by atoms with Gasteiger partial charge in [-0.3, -0.25) is 9.59 Å². The van der Waals surface area contributed by atoms with Gasteiger partial charge in [0.05, 0.1) is 0 Å². The number of nitrogens with zero attached hydrogens (tertiary/aromatic N) is 3. The molecule has 5 rings (SSSR count). The molecule has 1 fully saturated rings. The van der Waals surface area contributed by atoms with Gasteiger partial charge in [0, 0.05) is 48.4 Å². The van der Waals surface area contributed by atoms with Crippen molar-refractivity contribution in [2.45, 2.75) is 19.8 Å². The van der Waals surface area contributed by atoms with E-state index >= 15 is 0 Å².